The van der Waals surface area contributed by atoms with E-state index in [1.54, 1.807) is 18.2 Å². The van der Waals surface area contributed by atoms with Crippen molar-refractivity contribution in [3.05, 3.63) is 47.5 Å². The summed E-state index contributed by atoms with van der Waals surface area (Å²) >= 11 is 7.31. The fraction of sp³-hybridized carbons (Fsp3) is 0.250. The Morgan fingerprint density at radius 3 is 2.62 bits per heavy atom. The molecule has 1 atom stereocenters. The molecule has 7 nitrogen and oxygen atoms in total. The maximum absolute atomic E-state index is 12.3. The first-order valence-electron chi connectivity index (χ1n) is 8.82. The number of methoxy groups -OCH3 is 1. The lowest BCUT2D eigenvalue weighted by Crippen LogP contribution is -2.28. The average Bonchev–Trinajstić information content (AvgIpc) is 3.01. The molecular weight excluding hydrogens is 412 g/mol. The van der Waals surface area contributed by atoms with Gasteiger partial charge in [-0.05, 0) is 42.5 Å². The Hall–Kier alpha value is -2.71. The molecule has 0 saturated carbocycles. The van der Waals surface area contributed by atoms with Crippen LogP contribution in [0, 0.1) is 0 Å². The molecule has 1 fully saturated rings. The van der Waals surface area contributed by atoms with E-state index < -0.39 is 5.25 Å². The molecule has 0 spiro atoms. The number of rotatable bonds is 6. The van der Waals surface area contributed by atoms with Crippen LogP contribution in [0.3, 0.4) is 0 Å². The quantitative estimate of drug-likeness (QED) is 0.727. The summed E-state index contributed by atoms with van der Waals surface area (Å²) in [5, 5.41) is 5.82. The number of hydrogen-bond donors (Lipinski definition) is 2. The van der Waals surface area contributed by atoms with Crippen molar-refractivity contribution < 1.29 is 14.3 Å². The maximum atomic E-state index is 12.3. The Morgan fingerprint density at radius 1 is 1.28 bits per heavy atom. The van der Waals surface area contributed by atoms with Gasteiger partial charge in [-0.2, -0.15) is 0 Å². The van der Waals surface area contributed by atoms with Crippen LogP contribution < -0.4 is 20.3 Å². The second-order valence-corrected chi connectivity index (χ2v) is 8.12. The van der Waals surface area contributed by atoms with E-state index in [0.717, 1.165) is 11.4 Å². The number of anilines is 2. The van der Waals surface area contributed by atoms with Crippen LogP contribution in [0.25, 0.3) is 0 Å². The topological polar surface area (TPSA) is 83.0 Å². The summed E-state index contributed by atoms with van der Waals surface area (Å²) in [6, 6.07) is 12.6. The first kappa shape index (κ1) is 21.0. The Morgan fingerprint density at radius 2 is 2.00 bits per heavy atom. The number of carbonyl (C=O) groups is 2. The van der Waals surface area contributed by atoms with E-state index in [1.165, 1.54) is 18.9 Å². The number of ether oxygens (including phenoxy) is 1. The van der Waals surface area contributed by atoms with Crippen LogP contribution in [0.15, 0.2) is 47.5 Å². The van der Waals surface area contributed by atoms with Gasteiger partial charge < -0.3 is 20.3 Å². The van der Waals surface area contributed by atoms with Crippen molar-refractivity contribution in [1.82, 2.24) is 5.32 Å². The summed E-state index contributed by atoms with van der Waals surface area (Å²) in [7, 11) is 5.44. The second-order valence-electron chi connectivity index (χ2n) is 6.53. The first-order chi connectivity index (χ1) is 13.9. The SMILES string of the molecule is COc1ccc(NC(=O)CC2SC(=Nc3ccc(N(C)C)cc3)NC2=O)cc1Cl. The van der Waals surface area contributed by atoms with E-state index in [4.69, 9.17) is 16.3 Å². The van der Waals surface area contributed by atoms with Crippen LogP contribution in [0.1, 0.15) is 6.42 Å². The molecule has 2 amide bonds. The molecule has 1 heterocycles. The summed E-state index contributed by atoms with van der Waals surface area (Å²) in [5.74, 6) is 0.00639. The molecule has 1 aliphatic heterocycles. The minimum Gasteiger partial charge on any atom is -0.495 e. The van der Waals surface area contributed by atoms with Crippen molar-refractivity contribution in [2.45, 2.75) is 11.7 Å². The molecule has 2 aromatic rings. The molecule has 2 N–H and O–H groups in total. The second kappa shape index (κ2) is 9.19. The lowest BCUT2D eigenvalue weighted by Gasteiger charge is -2.11. The number of benzene rings is 2. The summed E-state index contributed by atoms with van der Waals surface area (Å²) in [5.41, 5.74) is 2.33. The highest BCUT2D eigenvalue weighted by Crippen LogP contribution is 2.29. The maximum Gasteiger partial charge on any atom is 0.240 e. The van der Waals surface area contributed by atoms with Gasteiger partial charge in [0.15, 0.2) is 5.17 Å². The molecule has 0 radical (unpaired) electrons. The molecule has 0 aliphatic carbocycles. The van der Waals surface area contributed by atoms with Gasteiger partial charge in [-0.1, -0.05) is 23.4 Å². The van der Waals surface area contributed by atoms with Crippen molar-refractivity contribution in [3.8, 4) is 5.75 Å². The van der Waals surface area contributed by atoms with Crippen LogP contribution in [0.4, 0.5) is 17.1 Å². The minimum absolute atomic E-state index is 0.0265. The monoisotopic (exact) mass is 432 g/mol. The predicted molar refractivity (Wildman–Crippen MR) is 119 cm³/mol. The normalized spacial score (nSPS) is 17.2. The molecule has 1 saturated heterocycles. The summed E-state index contributed by atoms with van der Waals surface area (Å²) < 4.78 is 5.09. The van der Waals surface area contributed by atoms with E-state index in [9.17, 15) is 9.59 Å². The van der Waals surface area contributed by atoms with Crippen molar-refractivity contribution in [1.29, 1.82) is 0 Å². The molecule has 152 valence electrons. The van der Waals surface area contributed by atoms with Gasteiger partial charge in [-0.15, -0.1) is 0 Å². The summed E-state index contributed by atoms with van der Waals surface area (Å²) in [4.78, 5) is 31.0. The van der Waals surface area contributed by atoms with Gasteiger partial charge in [0, 0.05) is 31.9 Å². The highest BCUT2D eigenvalue weighted by atomic mass is 35.5. The number of halogens is 1. The zero-order valence-corrected chi connectivity index (χ0v) is 17.8. The lowest BCUT2D eigenvalue weighted by atomic mass is 10.2. The fourth-order valence-corrected chi connectivity index (χ4v) is 3.90. The van der Waals surface area contributed by atoms with Crippen LogP contribution in [-0.4, -0.2) is 43.4 Å². The van der Waals surface area contributed by atoms with Gasteiger partial charge in [-0.25, -0.2) is 4.99 Å². The molecule has 9 heteroatoms. The van der Waals surface area contributed by atoms with Crippen molar-refractivity contribution in [2.24, 2.45) is 4.99 Å². The van der Waals surface area contributed by atoms with E-state index in [2.05, 4.69) is 15.6 Å². The highest BCUT2D eigenvalue weighted by Gasteiger charge is 2.32. The van der Waals surface area contributed by atoms with Crippen LogP contribution in [0.5, 0.6) is 5.75 Å². The zero-order chi connectivity index (χ0) is 21.0. The fourth-order valence-electron chi connectivity index (χ4n) is 2.66. The van der Waals surface area contributed by atoms with Gasteiger partial charge >= 0.3 is 0 Å². The Labute approximate surface area is 178 Å². The zero-order valence-electron chi connectivity index (χ0n) is 16.2. The van der Waals surface area contributed by atoms with Gasteiger partial charge in [0.1, 0.15) is 11.0 Å². The van der Waals surface area contributed by atoms with Gasteiger partial charge in [-0.3, -0.25) is 9.59 Å². The summed E-state index contributed by atoms with van der Waals surface area (Å²) in [6.45, 7) is 0. The molecule has 29 heavy (non-hydrogen) atoms. The average molecular weight is 433 g/mol. The van der Waals surface area contributed by atoms with Gasteiger partial charge in [0.25, 0.3) is 0 Å². The van der Waals surface area contributed by atoms with Crippen LogP contribution >= 0.6 is 23.4 Å². The third-order valence-electron chi connectivity index (χ3n) is 4.18. The number of nitrogens with zero attached hydrogens (tertiary/aromatic N) is 2. The highest BCUT2D eigenvalue weighted by molar-refractivity contribution is 8.15. The number of carbonyl (C=O) groups excluding carboxylic acids is 2. The number of thioether (sulfide) groups is 1. The lowest BCUT2D eigenvalue weighted by molar-refractivity contribution is -0.122. The van der Waals surface area contributed by atoms with Crippen molar-refractivity contribution >= 4 is 57.4 Å². The van der Waals surface area contributed by atoms with Crippen molar-refractivity contribution in [2.75, 3.05) is 31.4 Å². The Bertz CT molecular complexity index is 947. The molecule has 0 aromatic heterocycles. The molecule has 1 aliphatic rings. The van der Waals surface area contributed by atoms with Crippen LogP contribution in [-0.2, 0) is 9.59 Å². The predicted octanol–water partition coefficient (Wildman–Crippen LogP) is 3.66. The third-order valence-corrected chi connectivity index (χ3v) is 5.56. The third kappa shape index (κ3) is 5.42. The minimum atomic E-state index is -0.538. The van der Waals surface area contributed by atoms with E-state index >= 15 is 0 Å². The van der Waals surface area contributed by atoms with E-state index in [0.29, 0.717) is 21.6 Å². The van der Waals surface area contributed by atoms with Gasteiger partial charge in [0.05, 0.1) is 17.8 Å². The number of amidine groups is 1. The van der Waals surface area contributed by atoms with E-state index in [-0.39, 0.29) is 18.2 Å². The largest absolute Gasteiger partial charge is 0.495 e. The molecule has 2 aromatic carbocycles. The molecular formula is C20H21ClN4O3S. The number of hydrogen-bond acceptors (Lipinski definition) is 6. The Balaban J connectivity index is 1.60. The van der Waals surface area contributed by atoms with Crippen molar-refractivity contribution in [3.63, 3.8) is 0 Å². The summed E-state index contributed by atoms with van der Waals surface area (Å²) in [6.07, 6.45) is 0.0265. The van der Waals surface area contributed by atoms with Gasteiger partial charge in [0.2, 0.25) is 11.8 Å². The molecule has 0 bridgehead atoms. The van der Waals surface area contributed by atoms with Crippen LogP contribution in [0.2, 0.25) is 5.02 Å². The number of amides is 2. The first-order valence-corrected chi connectivity index (χ1v) is 10.1. The molecule has 1 unspecified atom stereocenters. The Kier molecular flexibility index (Phi) is 6.66. The smallest absolute Gasteiger partial charge is 0.240 e. The number of nitrogens with one attached hydrogen (secondary N) is 2. The standard InChI is InChI=1S/C20H21ClN4O3S/c1-25(2)14-7-4-12(5-8-14)23-20-24-19(27)17(29-20)11-18(26)22-13-6-9-16(28-3)15(21)10-13/h4-10,17H,11H2,1-3H3,(H,22,26)(H,23,24,27). The number of aliphatic imine (C=N–C) groups is 1. The van der Waals surface area contributed by atoms with E-state index in [1.807, 2.05) is 43.3 Å². The molecule has 3 rings (SSSR count).